The molecule has 0 bridgehead atoms. The number of hydrogen-bond donors (Lipinski definition) is 1. The fraction of sp³-hybridized carbons (Fsp3) is 0.455. The summed E-state index contributed by atoms with van der Waals surface area (Å²) in [5.74, 6) is -0.227. The second-order valence-corrected chi connectivity index (χ2v) is 4.27. The van der Waals surface area contributed by atoms with Crippen LogP contribution in [0.1, 0.15) is 37.8 Å². The van der Waals surface area contributed by atoms with Gasteiger partial charge in [0.15, 0.2) is 0 Å². The van der Waals surface area contributed by atoms with Crippen LogP contribution in [-0.2, 0) is 0 Å². The predicted octanol–water partition coefficient (Wildman–Crippen LogP) is 3.78. The molecular formula is C11H15BrFN. The lowest BCUT2D eigenvalue weighted by atomic mass is 10.0. The molecule has 3 heteroatoms. The number of benzene rings is 1. The Hall–Kier alpha value is -0.410. The van der Waals surface area contributed by atoms with E-state index >= 15 is 0 Å². The van der Waals surface area contributed by atoms with Crippen LogP contribution in [0, 0.1) is 5.82 Å². The van der Waals surface area contributed by atoms with E-state index in [1.54, 1.807) is 6.07 Å². The van der Waals surface area contributed by atoms with Crippen LogP contribution in [0.15, 0.2) is 22.7 Å². The van der Waals surface area contributed by atoms with Crippen LogP contribution >= 0.6 is 15.9 Å². The van der Waals surface area contributed by atoms with Gasteiger partial charge in [0.2, 0.25) is 0 Å². The molecule has 0 heterocycles. The van der Waals surface area contributed by atoms with Crippen molar-refractivity contribution in [1.29, 1.82) is 0 Å². The summed E-state index contributed by atoms with van der Waals surface area (Å²) in [4.78, 5) is 0. The third-order valence-electron chi connectivity index (χ3n) is 2.23. The first-order valence-corrected chi connectivity index (χ1v) is 5.65. The second-order valence-electron chi connectivity index (χ2n) is 3.41. The van der Waals surface area contributed by atoms with Crippen LogP contribution < -0.4 is 5.73 Å². The van der Waals surface area contributed by atoms with Gasteiger partial charge in [-0.05, 0) is 30.2 Å². The number of rotatable bonds is 4. The topological polar surface area (TPSA) is 26.0 Å². The van der Waals surface area contributed by atoms with Crippen molar-refractivity contribution in [3.63, 3.8) is 0 Å². The predicted molar refractivity (Wildman–Crippen MR) is 60.6 cm³/mol. The first-order chi connectivity index (χ1) is 6.65. The molecule has 0 aromatic heterocycles. The average molecular weight is 260 g/mol. The van der Waals surface area contributed by atoms with Crippen LogP contribution in [0.25, 0.3) is 0 Å². The molecule has 0 saturated carbocycles. The molecule has 1 aromatic carbocycles. The van der Waals surface area contributed by atoms with E-state index in [0.29, 0.717) is 0 Å². The standard InChI is InChI=1S/C11H15BrFN/c1-2-3-4-11(14)9-7-8(13)5-6-10(9)12/h5-7,11H,2-4,14H2,1H3. The molecule has 14 heavy (non-hydrogen) atoms. The summed E-state index contributed by atoms with van der Waals surface area (Å²) in [7, 11) is 0. The Balaban J connectivity index is 2.77. The Morgan fingerprint density at radius 2 is 2.21 bits per heavy atom. The van der Waals surface area contributed by atoms with E-state index in [0.717, 1.165) is 29.3 Å². The Kier molecular flexibility index (Phi) is 4.55. The average Bonchev–Trinajstić information content (AvgIpc) is 2.18. The SMILES string of the molecule is CCCCC(N)c1cc(F)ccc1Br. The Morgan fingerprint density at radius 3 is 2.86 bits per heavy atom. The minimum absolute atomic E-state index is 0.0694. The van der Waals surface area contributed by atoms with Crippen LogP contribution in [0.4, 0.5) is 4.39 Å². The van der Waals surface area contributed by atoms with E-state index < -0.39 is 0 Å². The lowest BCUT2D eigenvalue weighted by Gasteiger charge is -2.13. The van der Waals surface area contributed by atoms with Gasteiger partial charge >= 0.3 is 0 Å². The van der Waals surface area contributed by atoms with E-state index in [4.69, 9.17) is 5.73 Å². The van der Waals surface area contributed by atoms with Crippen molar-refractivity contribution in [2.45, 2.75) is 32.2 Å². The minimum atomic E-state index is -0.227. The summed E-state index contributed by atoms with van der Waals surface area (Å²) in [6.45, 7) is 2.12. The molecule has 0 aliphatic heterocycles. The molecule has 1 nitrogen and oxygen atoms in total. The van der Waals surface area contributed by atoms with Gasteiger partial charge in [-0.25, -0.2) is 4.39 Å². The molecule has 0 amide bonds. The van der Waals surface area contributed by atoms with Gasteiger partial charge in [0, 0.05) is 10.5 Å². The summed E-state index contributed by atoms with van der Waals surface area (Å²) < 4.78 is 13.8. The zero-order valence-electron chi connectivity index (χ0n) is 8.26. The normalized spacial score (nSPS) is 12.9. The van der Waals surface area contributed by atoms with Crippen molar-refractivity contribution in [3.05, 3.63) is 34.1 Å². The molecule has 0 aliphatic carbocycles. The zero-order valence-corrected chi connectivity index (χ0v) is 9.85. The third-order valence-corrected chi connectivity index (χ3v) is 2.95. The summed E-state index contributed by atoms with van der Waals surface area (Å²) in [6.07, 6.45) is 3.09. The van der Waals surface area contributed by atoms with Gasteiger partial charge in [0.05, 0.1) is 0 Å². The van der Waals surface area contributed by atoms with Gasteiger partial charge in [-0.2, -0.15) is 0 Å². The maximum absolute atomic E-state index is 13.0. The Labute approximate surface area is 92.6 Å². The largest absolute Gasteiger partial charge is 0.324 e. The molecule has 1 rings (SSSR count). The first-order valence-electron chi connectivity index (χ1n) is 4.85. The lowest BCUT2D eigenvalue weighted by molar-refractivity contribution is 0.586. The quantitative estimate of drug-likeness (QED) is 0.875. The van der Waals surface area contributed by atoms with Gasteiger partial charge in [0.1, 0.15) is 5.82 Å². The van der Waals surface area contributed by atoms with Crippen molar-refractivity contribution in [3.8, 4) is 0 Å². The monoisotopic (exact) mass is 259 g/mol. The molecule has 2 N–H and O–H groups in total. The smallest absolute Gasteiger partial charge is 0.123 e. The van der Waals surface area contributed by atoms with Crippen molar-refractivity contribution < 1.29 is 4.39 Å². The molecule has 0 radical (unpaired) electrons. The maximum atomic E-state index is 13.0. The number of unbranched alkanes of at least 4 members (excludes halogenated alkanes) is 1. The number of nitrogens with two attached hydrogens (primary N) is 1. The first kappa shape index (κ1) is 11.7. The van der Waals surface area contributed by atoms with Gasteiger partial charge < -0.3 is 5.73 Å². The van der Waals surface area contributed by atoms with E-state index in [-0.39, 0.29) is 11.9 Å². The van der Waals surface area contributed by atoms with Crippen LogP contribution in [-0.4, -0.2) is 0 Å². The summed E-state index contributed by atoms with van der Waals surface area (Å²) >= 11 is 3.38. The highest BCUT2D eigenvalue weighted by molar-refractivity contribution is 9.10. The zero-order chi connectivity index (χ0) is 10.6. The Bertz CT molecular complexity index is 301. The van der Waals surface area contributed by atoms with Crippen molar-refractivity contribution in [2.24, 2.45) is 5.73 Å². The van der Waals surface area contributed by atoms with Crippen molar-refractivity contribution in [1.82, 2.24) is 0 Å². The van der Waals surface area contributed by atoms with Crippen molar-refractivity contribution >= 4 is 15.9 Å². The van der Waals surface area contributed by atoms with Gasteiger partial charge in [-0.3, -0.25) is 0 Å². The molecule has 1 aromatic rings. The third kappa shape index (κ3) is 3.07. The number of hydrogen-bond acceptors (Lipinski definition) is 1. The van der Waals surface area contributed by atoms with E-state index in [9.17, 15) is 4.39 Å². The van der Waals surface area contributed by atoms with Crippen LogP contribution in [0.3, 0.4) is 0 Å². The molecule has 1 atom stereocenters. The van der Waals surface area contributed by atoms with Gasteiger partial charge in [0.25, 0.3) is 0 Å². The molecule has 78 valence electrons. The molecule has 0 fully saturated rings. The van der Waals surface area contributed by atoms with Gasteiger partial charge in [-0.1, -0.05) is 35.7 Å². The molecule has 0 spiro atoms. The van der Waals surface area contributed by atoms with E-state index in [2.05, 4.69) is 22.9 Å². The fourth-order valence-corrected chi connectivity index (χ4v) is 1.92. The highest BCUT2D eigenvalue weighted by Gasteiger charge is 2.09. The minimum Gasteiger partial charge on any atom is -0.324 e. The second kappa shape index (κ2) is 5.47. The molecule has 0 aliphatic rings. The highest BCUT2D eigenvalue weighted by Crippen LogP contribution is 2.25. The van der Waals surface area contributed by atoms with Crippen molar-refractivity contribution in [2.75, 3.05) is 0 Å². The lowest BCUT2D eigenvalue weighted by Crippen LogP contribution is -2.11. The van der Waals surface area contributed by atoms with E-state index in [1.165, 1.54) is 12.1 Å². The summed E-state index contributed by atoms with van der Waals surface area (Å²) in [6, 6.07) is 4.57. The highest BCUT2D eigenvalue weighted by atomic mass is 79.9. The summed E-state index contributed by atoms with van der Waals surface area (Å²) in [5, 5.41) is 0. The molecular weight excluding hydrogens is 245 g/mol. The van der Waals surface area contributed by atoms with Crippen LogP contribution in [0.5, 0.6) is 0 Å². The molecule has 1 unspecified atom stereocenters. The van der Waals surface area contributed by atoms with Gasteiger partial charge in [-0.15, -0.1) is 0 Å². The van der Waals surface area contributed by atoms with E-state index in [1.807, 2.05) is 0 Å². The molecule has 0 saturated heterocycles. The van der Waals surface area contributed by atoms with Crippen LogP contribution in [0.2, 0.25) is 0 Å². The summed E-state index contributed by atoms with van der Waals surface area (Å²) in [5.41, 5.74) is 6.81. The maximum Gasteiger partial charge on any atom is 0.123 e. The fourth-order valence-electron chi connectivity index (χ4n) is 1.38. The Morgan fingerprint density at radius 1 is 1.50 bits per heavy atom. The number of halogens is 2.